The van der Waals surface area contributed by atoms with E-state index in [1.165, 1.54) is 6.07 Å². The zero-order valence-electron chi connectivity index (χ0n) is 13.3. The van der Waals surface area contributed by atoms with E-state index in [1.807, 2.05) is 0 Å². The van der Waals surface area contributed by atoms with Crippen molar-refractivity contribution in [2.45, 2.75) is 37.7 Å². The van der Waals surface area contributed by atoms with Crippen molar-refractivity contribution in [2.75, 3.05) is 0 Å². The Bertz CT molecular complexity index is 756. The monoisotopic (exact) mass is 313 g/mol. The number of nitrogens with two attached hydrogens (primary N) is 1. The average Bonchev–Trinajstić information content (AvgIpc) is 3.28. The lowest BCUT2D eigenvalue weighted by Crippen LogP contribution is -2.28. The third kappa shape index (κ3) is 2.75. The summed E-state index contributed by atoms with van der Waals surface area (Å²) < 4.78 is 14.5. The van der Waals surface area contributed by atoms with Crippen molar-refractivity contribution in [1.82, 2.24) is 0 Å². The second-order valence-corrected chi connectivity index (χ2v) is 6.78. The first kappa shape index (κ1) is 15.7. The first-order valence-electron chi connectivity index (χ1n) is 7.67. The van der Waals surface area contributed by atoms with E-state index in [-0.39, 0.29) is 11.7 Å². The largest absolute Gasteiger partial charge is 0.386 e. The molecule has 120 valence electrons. The third-order valence-electron chi connectivity index (χ3n) is 4.65. The number of amides is 1. The lowest BCUT2D eigenvalue weighted by molar-refractivity contribution is -0.120. The molecule has 3 N–H and O–H groups in total. The van der Waals surface area contributed by atoms with Crippen molar-refractivity contribution in [1.29, 1.82) is 0 Å². The molecule has 2 aromatic carbocycles. The van der Waals surface area contributed by atoms with Crippen LogP contribution in [0.4, 0.5) is 4.39 Å². The third-order valence-corrected chi connectivity index (χ3v) is 4.65. The van der Waals surface area contributed by atoms with Crippen molar-refractivity contribution < 1.29 is 14.3 Å². The quantitative estimate of drug-likeness (QED) is 0.910. The Morgan fingerprint density at radius 2 is 1.78 bits per heavy atom. The summed E-state index contributed by atoms with van der Waals surface area (Å²) in [7, 11) is 0. The maximum atomic E-state index is 14.5. The summed E-state index contributed by atoms with van der Waals surface area (Å²) in [6, 6.07) is 12.0. The number of carbonyl (C=O) groups excluding carboxylic acids is 1. The smallest absolute Gasteiger partial charge is 0.228 e. The fourth-order valence-corrected chi connectivity index (χ4v) is 2.91. The summed E-state index contributed by atoms with van der Waals surface area (Å²) in [6.45, 7) is 3.41. The van der Waals surface area contributed by atoms with Crippen LogP contribution in [0.2, 0.25) is 0 Å². The Hall–Kier alpha value is -2.20. The van der Waals surface area contributed by atoms with Gasteiger partial charge in [0, 0.05) is 5.56 Å². The van der Waals surface area contributed by atoms with Gasteiger partial charge in [-0.05, 0) is 49.4 Å². The van der Waals surface area contributed by atoms with Crippen LogP contribution in [0.15, 0.2) is 42.5 Å². The molecule has 1 amide bonds. The predicted molar refractivity (Wildman–Crippen MR) is 87.2 cm³/mol. The summed E-state index contributed by atoms with van der Waals surface area (Å²) in [5.41, 5.74) is 6.45. The molecule has 0 bridgehead atoms. The predicted octanol–water partition coefficient (Wildman–Crippen LogP) is 3.24. The van der Waals surface area contributed by atoms with Gasteiger partial charge in [0.2, 0.25) is 5.91 Å². The molecule has 0 aliphatic heterocycles. The fourth-order valence-electron chi connectivity index (χ4n) is 2.91. The molecule has 0 atom stereocenters. The summed E-state index contributed by atoms with van der Waals surface area (Å²) in [5.74, 6) is -0.759. The Labute approximate surface area is 134 Å². The standard InChI is InChI=1S/C19H20FNO2/c1-18(2,23)13-5-3-12(4-6-13)15-8-7-14(11-16(15)20)19(9-10-19)17(21)22/h3-8,11,23H,9-10H2,1-2H3,(H2,21,22). The van der Waals surface area contributed by atoms with Gasteiger partial charge in [-0.2, -0.15) is 0 Å². The Morgan fingerprint density at radius 1 is 1.17 bits per heavy atom. The lowest BCUT2D eigenvalue weighted by Gasteiger charge is -2.18. The van der Waals surface area contributed by atoms with E-state index in [1.54, 1.807) is 50.2 Å². The number of rotatable bonds is 4. The fraction of sp³-hybridized carbons (Fsp3) is 0.316. The van der Waals surface area contributed by atoms with Crippen molar-refractivity contribution in [3.63, 3.8) is 0 Å². The summed E-state index contributed by atoms with van der Waals surface area (Å²) in [5, 5.41) is 9.97. The van der Waals surface area contributed by atoms with Gasteiger partial charge in [0.05, 0.1) is 11.0 Å². The molecule has 0 radical (unpaired) electrons. The topological polar surface area (TPSA) is 63.3 Å². The van der Waals surface area contributed by atoms with Crippen LogP contribution >= 0.6 is 0 Å². The highest BCUT2D eigenvalue weighted by atomic mass is 19.1. The maximum Gasteiger partial charge on any atom is 0.228 e. The molecule has 0 unspecified atom stereocenters. The van der Waals surface area contributed by atoms with Crippen molar-refractivity contribution in [2.24, 2.45) is 5.73 Å². The van der Waals surface area contributed by atoms with Gasteiger partial charge in [0.1, 0.15) is 5.82 Å². The molecular formula is C19H20FNO2. The van der Waals surface area contributed by atoms with Crippen LogP contribution in [0.1, 0.15) is 37.8 Å². The highest BCUT2D eigenvalue weighted by molar-refractivity contribution is 5.90. The maximum absolute atomic E-state index is 14.5. The van der Waals surface area contributed by atoms with Crippen LogP contribution < -0.4 is 5.73 Å². The highest BCUT2D eigenvalue weighted by Crippen LogP contribution is 2.48. The van der Waals surface area contributed by atoms with E-state index in [0.717, 1.165) is 11.1 Å². The number of primary amides is 1. The minimum absolute atomic E-state index is 0.369. The molecule has 0 heterocycles. The molecule has 3 nitrogen and oxygen atoms in total. The van der Waals surface area contributed by atoms with Gasteiger partial charge < -0.3 is 10.8 Å². The highest BCUT2D eigenvalue weighted by Gasteiger charge is 2.50. The normalized spacial score (nSPS) is 16.2. The molecule has 1 saturated carbocycles. The van der Waals surface area contributed by atoms with Crippen LogP contribution in [0, 0.1) is 5.82 Å². The number of benzene rings is 2. The zero-order valence-corrected chi connectivity index (χ0v) is 13.3. The molecule has 3 rings (SSSR count). The van der Waals surface area contributed by atoms with Crippen LogP contribution in [0.3, 0.4) is 0 Å². The number of carbonyl (C=O) groups is 1. The Morgan fingerprint density at radius 3 is 2.22 bits per heavy atom. The summed E-state index contributed by atoms with van der Waals surface area (Å²) in [4.78, 5) is 11.6. The van der Waals surface area contributed by atoms with E-state index < -0.39 is 11.0 Å². The molecule has 0 saturated heterocycles. The first-order chi connectivity index (χ1) is 10.7. The second kappa shape index (κ2) is 5.17. The summed E-state index contributed by atoms with van der Waals surface area (Å²) in [6.07, 6.45) is 1.36. The number of halogens is 1. The van der Waals surface area contributed by atoms with Gasteiger partial charge >= 0.3 is 0 Å². The minimum atomic E-state index is -0.930. The van der Waals surface area contributed by atoms with E-state index in [2.05, 4.69) is 0 Å². The molecule has 4 heteroatoms. The van der Waals surface area contributed by atoms with Crippen molar-refractivity contribution in [3.05, 3.63) is 59.4 Å². The van der Waals surface area contributed by atoms with E-state index >= 15 is 0 Å². The number of aliphatic hydroxyl groups is 1. The van der Waals surface area contributed by atoms with Gasteiger partial charge in [0.15, 0.2) is 0 Å². The molecule has 1 aliphatic rings. The van der Waals surface area contributed by atoms with Gasteiger partial charge in [-0.15, -0.1) is 0 Å². The van der Waals surface area contributed by atoms with E-state index in [9.17, 15) is 14.3 Å². The molecular weight excluding hydrogens is 293 g/mol. The van der Waals surface area contributed by atoms with Gasteiger partial charge in [-0.3, -0.25) is 4.79 Å². The average molecular weight is 313 g/mol. The van der Waals surface area contributed by atoms with Gasteiger partial charge in [-0.1, -0.05) is 36.4 Å². The molecule has 0 spiro atoms. The van der Waals surface area contributed by atoms with Gasteiger partial charge in [-0.25, -0.2) is 4.39 Å². The number of hydrogen-bond acceptors (Lipinski definition) is 2. The van der Waals surface area contributed by atoms with Crippen molar-refractivity contribution in [3.8, 4) is 11.1 Å². The van der Waals surface area contributed by atoms with Gasteiger partial charge in [0.25, 0.3) is 0 Å². The molecule has 1 aliphatic carbocycles. The van der Waals surface area contributed by atoms with Crippen LogP contribution in [-0.4, -0.2) is 11.0 Å². The zero-order chi connectivity index (χ0) is 16.8. The Kier molecular flexibility index (Phi) is 3.52. The van der Waals surface area contributed by atoms with Crippen LogP contribution in [-0.2, 0) is 15.8 Å². The Balaban J connectivity index is 1.94. The summed E-state index contributed by atoms with van der Waals surface area (Å²) >= 11 is 0. The SMILES string of the molecule is CC(C)(O)c1ccc(-c2ccc(C3(C(N)=O)CC3)cc2F)cc1. The van der Waals surface area contributed by atoms with E-state index in [0.29, 0.717) is 24.0 Å². The molecule has 0 aromatic heterocycles. The molecule has 23 heavy (non-hydrogen) atoms. The number of hydrogen-bond donors (Lipinski definition) is 2. The lowest BCUT2D eigenvalue weighted by atomic mass is 9.91. The molecule has 1 fully saturated rings. The van der Waals surface area contributed by atoms with Crippen LogP contribution in [0.5, 0.6) is 0 Å². The second-order valence-electron chi connectivity index (χ2n) is 6.78. The first-order valence-corrected chi connectivity index (χ1v) is 7.67. The molecule has 2 aromatic rings. The van der Waals surface area contributed by atoms with Crippen LogP contribution in [0.25, 0.3) is 11.1 Å². The van der Waals surface area contributed by atoms with Crippen molar-refractivity contribution >= 4 is 5.91 Å². The van der Waals surface area contributed by atoms with E-state index in [4.69, 9.17) is 5.73 Å². The minimum Gasteiger partial charge on any atom is -0.386 e.